The van der Waals surface area contributed by atoms with Gasteiger partial charge in [0, 0.05) is 42.1 Å². The van der Waals surface area contributed by atoms with Gasteiger partial charge in [-0.1, -0.05) is 127 Å². The van der Waals surface area contributed by atoms with Crippen LogP contribution in [-0.4, -0.2) is 11.7 Å². The highest BCUT2D eigenvalue weighted by molar-refractivity contribution is 7.25. The zero-order chi connectivity index (χ0) is 36.7. The summed E-state index contributed by atoms with van der Waals surface area (Å²) in [6.07, 6.45) is -0.354. The van der Waals surface area contributed by atoms with Crippen molar-refractivity contribution >= 4 is 97.4 Å². The van der Waals surface area contributed by atoms with Gasteiger partial charge in [-0.05, 0) is 97.5 Å². The van der Waals surface area contributed by atoms with Gasteiger partial charge in [0.1, 0.15) is 23.2 Å². The quantitative estimate of drug-likeness (QED) is 0.183. The molecule has 9 aromatic carbocycles. The van der Waals surface area contributed by atoms with Crippen molar-refractivity contribution < 1.29 is 4.42 Å². The fourth-order valence-corrected chi connectivity index (χ4v) is 9.60. The van der Waals surface area contributed by atoms with Crippen LogP contribution in [0.1, 0.15) is 22.9 Å². The van der Waals surface area contributed by atoms with E-state index in [0.717, 1.165) is 61.0 Å². The third-order valence-electron chi connectivity index (χ3n) is 11.3. The average Bonchev–Trinajstić information content (AvgIpc) is 3.82. The Morgan fingerprint density at radius 1 is 0.464 bits per heavy atom. The first kappa shape index (κ1) is 31.3. The second-order valence-electron chi connectivity index (χ2n) is 14.6. The first-order valence-electron chi connectivity index (χ1n) is 18.9. The number of thiophene rings is 1. The maximum atomic E-state index is 6.80. The van der Waals surface area contributed by atoms with Crippen LogP contribution in [0.15, 0.2) is 190 Å². The van der Waals surface area contributed by atoms with Crippen LogP contribution in [0.25, 0.3) is 85.6 Å². The van der Waals surface area contributed by atoms with E-state index in [-0.39, 0.29) is 6.17 Å². The van der Waals surface area contributed by atoms with Gasteiger partial charge in [0.15, 0.2) is 5.84 Å². The summed E-state index contributed by atoms with van der Waals surface area (Å²) in [5.41, 5.74) is 6.87. The van der Waals surface area contributed by atoms with Gasteiger partial charge >= 0.3 is 0 Å². The second-order valence-corrected chi connectivity index (χ2v) is 15.7. The molecule has 3 heterocycles. The fourth-order valence-electron chi connectivity index (χ4n) is 8.51. The number of rotatable bonds is 4. The van der Waals surface area contributed by atoms with E-state index in [1.165, 1.54) is 47.1 Å². The number of benzene rings is 9. The lowest BCUT2D eigenvalue weighted by Gasteiger charge is -2.24. The van der Waals surface area contributed by atoms with Crippen LogP contribution in [0.2, 0.25) is 0 Å². The molecule has 1 N–H and O–H groups in total. The Kier molecular flexibility index (Phi) is 6.83. The number of nitrogens with one attached hydrogen (secondary N) is 1. The largest absolute Gasteiger partial charge is 0.456 e. The third kappa shape index (κ3) is 4.98. The lowest BCUT2D eigenvalue weighted by Crippen LogP contribution is -2.33. The van der Waals surface area contributed by atoms with Crippen LogP contribution < -0.4 is 5.32 Å². The van der Waals surface area contributed by atoms with Crippen molar-refractivity contribution in [3.63, 3.8) is 0 Å². The number of fused-ring (bicyclic) bond motifs is 10. The van der Waals surface area contributed by atoms with E-state index in [2.05, 4.69) is 175 Å². The standard InChI is InChI=1S/C51H31N3OS/c1-2-11-32(12-3-1)49-52-50(36-21-20-31-19-18-30-10-6-7-15-38(30)40(31)26-36)54-51(53-49)43-27-37(35-22-23-47-41(24-35)39-16-8-9-17-46(39)56-47)29-45-48(43)42-25-33-13-4-5-14-34(33)28-44(42)55-45/h1-29,49H,(H,52,53,54). The molecule has 0 bridgehead atoms. The predicted molar refractivity (Wildman–Crippen MR) is 236 cm³/mol. The van der Waals surface area contributed by atoms with Gasteiger partial charge < -0.3 is 9.73 Å². The van der Waals surface area contributed by atoms with Crippen LogP contribution in [0, 0.1) is 0 Å². The summed E-state index contributed by atoms with van der Waals surface area (Å²) in [6.45, 7) is 0. The molecule has 0 saturated heterocycles. The number of aliphatic imine (C=N–C) groups is 2. The number of furan rings is 1. The molecule has 1 atom stereocenters. The van der Waals surface area contributed by atoms with Crippen LogP contribution in [-0.2, 0) is 0 Å². The minimum Gasteiger partial charge on any atom is -0.456 e. The summed E-state index contributed by atoms with van der Waals surface area (Å²) >= 11 is 1.83. The number of nitrogens with zero attached hydrogens (tertiary/aromatic N) is 2. The molecule has 1 aliphatic rings. The van der Waals surface area contributed by atoms with E-state index in [1.807, 2.05) is 17.4 Å². The first-order chi connectivity index (χ1) is 27.7. The van der Waals surface area contributed by atoms with Gasteiger partial charge in [-0.15, -0.1) is 11.3 Å². The average molecular weight is 734 g/mol. The van der Waals surface area contributed by atoms with Crippen molar-refractivity contribution in [3.8, 4) is 11.1 Å². The van der Waals surface area contributed by atoms with Gasteiger partial charge in [0.05, 0.1) is 0 Å². The molecular formula is C51H31N3OS. The van der Waals surface area contributed by atoms with Gasteiger partial charge in [0.2, 0.25) is 0 Å². The predicted octanol–water partition coefficient (Wildman–Crippen LogP) is 13.6. The van der Waals surface area contributed by atoms with Crippen LogP contribution >= 0.6 is 11.3 Å². The summed E-state index contributed by atoms with van der Waals surface area (Å²) in [5.74, 6) is 1.44. The monoisotopic (exact) mass is 733 g/mol. The Balaban J connectivity index is 1.11. The molecule has 12 rings (SSSR count). The molecule has 0 fully saturated rings. The number of amidine groups is 2. The van der Waals surface area contributed by atoms with Crippen LogP contribution in [0.5, 0.6) is 0 Å². The highest BCUT2D eigenvalue weighted by atomic mass is 32.1. The van der Waals surface area contributed by atoms with Gasteiger partial charge in [-0.25, -0.2) is 9.98 Å². The minimum absolute atomic E-state index is 0.354. The summed E-state index contributed by atoms with van der Waals surface area (Å²) in [7, 11) is 0. The fraction of sp³-hybridized carbons (Fsp3) is 0.0196. The van der Waals surface area contributed by atoms with Crippen molar-refractivity contribution in [2.45, 2.75) is 6.17 Å². The molecule has 11 aromatic rings. The summed E-state index contributed by atoms with van der Waals surface area (Å²) < 4.78 is 9.37. The van der Waals surface area contributed by atoms with E-state index >= 15 is 0 Å². The molecule has 2 aromatic heterocycles. The molecule has 1 aliphatic heterocycles. The molecule has 262 valence electrons. The molecule has 0 radical (unpaired) electrons. The van der Waals surface area contributed by atoms with Crippen molar-refractivity contribution in [3.05, 3.63) is 193 Å². The maximum absolute atomic E-state index is 6.80. The SMILES string of the molecule is c1ccc(C2N=C(c3ccc4ccc5ccccc5c4c3)N=C(c3cc(-c4ccc5sc6ccccc6c5c4)cc4oc5cc6ccccc6cc5c34)N2)cc1. The molecular weight excluding hydrogens is 703 g/mol. The van der Waals surface area contributed by atoms with Gasteiger partial charge in [0.25, 0.3) is 0 Å². The van der Waals surface area contributed by atoms with Crippen molar-refractivity contribution in [1.82, 2.24) is 5.32 Å². The topological polar surface area (TPSA) is 49.9 Å². The lowest BCUT2D eigenvalue weighted by molar-refractivity contribution is 0.668. The second kappa shape index (κ2) is 12.2. The molecule has 56 heavy (non-hydrogen) atoms. The van der Waals surface area contributed by atoms with Crippen LogP contribution in [0.3, 0.4) is 0 Å². The van der Waals surface area contributed by atoms with E-state index in [9.17, 15) is 0 Å². The highest BCUT2D eigenvalue weighted by Gasteiger charge is 2.25. The van der Waals surface area contributed by atoms with Crippen molar-refractivity contribution in [1.29, 1.82) is 0 Å². The first-order valence-corrected chi connectivity index (χ1v) is 19.7. The Hall–Kier alpha value is -7.08. The molecule has 0 saturated carbocycles. The Morgan fingerprint density at radius 2 is 1.14 bits per heavy atom. The molecule has 5 heteroatoms. The van der Waals surface area contributed by atoms with E-state index in [1.54, 1.807) is 0 Å². The molecule has 1 unspecified atom stereocenters. The molecule has 0 aliphatic carbocycles. The Bertz CT molecular complexity index is 3460. The lowest BCUT2D eigenvalue weighted by atomic mass is 9.95. The zero-order valence-electron chi connectivity index (χ0n) is 30.0. The van der Waals surface area contributed by atoms with Gasteiger partial charge in [-0.3, -0.25) is 0 Å². The van der Waals surface area contributed by atoms with Crippen LogP contribution in [0.4, 0.5) is 0 Å². The summed E-state index contributed by atoms with van der Waals surface area (Å²) in [6, 6.07) is 62.8. The summed E-state index contributed by atoms with van der Waals surface area (Å²) in [4.78, 5) is 10.7. The van der Waals surface area contributed by atoms with E-state index < -0.39 is 0 Å². The Labute approximate surface area is 325 Å². The minimum atomic E-state index is -0.354. The smallest absolute Gasteiger partial charge is 0.159 e. The summed E-state index contributed by atoms with van der Waals surface area (Å²) in [5, 5.41) is 15.5. The molecule has 0 spiro atoms. The number of hydrogen-bond acceptors (Lipinski definition) is 5. The maximum Gasteiger partial charge on any atom is 0.159 e. The molecule has 0 amide bonds. The highest BCUT2D eigenvalue weighted by Crippen LogP contribution is 2.41. The Morgan fingerprint density at radius 3 is 2.02 bits per heavy atom. The van der Waals surface area contributed by atoms with Crippen molar-refractivity contribution in [2.24, 2.45) is 9.98 Å². The van der Waals surface area contributed by atoms with Gasteiger partial charge in [-0.2, -0.15) is 0 Å². The van der Waals surface area contributed by atoms with E-state index in [4.69, 9.17) is 14.4 Å². The zero-order valence-corrected chi connectivity index (χ0v) is 30.8. The third-order valence-corrected chi connectivity index (χ3v) is 12.4. The van der Waals surface area contributed by atoms with E-state index in [0.29, 0.717) is 5.84 Å². The molecule has 4 nitrogen and oxygen atoms in total. The number of hydrogen-bond donors (Lipinski definition) is 1. The van der Waals surface area contributed by atoms with Crippen molar-refractivity contribution in [2.75, 3.05) is 0 Å². The normalized spacial score (nSPS) is 14.6.